The third-order valence-electron chi connectivity index (χ3n) is 8.27. The summed E-state index contributed by atoms with van der Waals surface area (Å²) >= 11 is 1.58. The van der Waals surface area contributed by atoms with E-state index in [2.05, 4.69) is 29.1 Å². The fraction of sp³-hybridized carbons (Fsp3) is 0.235. The van der Waals surface area contributed by atoms with Crippen LogP contribution in [0.25, 0.3) is 43.7 Å². The Balaban J connectivity index is 1.39. The molecule has 2 amide bonds. The topological polar surface area (TPSA) is 98.6 Å². The van der Waals surface area contributed by atoms with Crippen LogP contribution in [0.2, 0.25) is 0 Å². The highest BCUT2D eigenvalue weighted by molar-refractivity contribution is 7.18. The molecule has 0 aliphatic carbocycles. The number of rotatable bonds is 9. The Hall–Kier alpha value is -4.87. The molecule has 2 aromatic carbocycles. The van der Waals surface area contributed by atoms with Crippen molar-refractivity contribution in [3.8, 4) is 39.4 Å². The summed E-state index contributed by atoms with van der Waals surface area (Å²) in [4.78, 5) is 31.0. The molecule has 0 spiro atoms. The van der Waals surface area contributed by atoms with Crippen LogP contribution in [-0.4, -0.2) is 64.9 Å². The van der Waals surface area contributed by atoms with E-state index < -0.39 is 5.82 Å². The molecule has 0 bridgehead atoms. The lowest BCUT2D eigenvalue weighted by Gasteiger charge is -2.38. The number of likely N-dealkylation sites (tertiary alicyclic amines) is 1. The van der Waals surface area contributed by atoms with Gasteiger partial charge in [0.05, 0.1) is 36.7 Å². The Kier molecular flexibility index (Phi) is 7.64. The van der Waals surface area contributed by atoms with Crippen LogP contribution in [0.15, 0.2) is 72.9 Å². The number of nitrogens with one attached hydrogen (secondary N) is 1. The van der Waals surface area contributed by atoms with Gasteiger partial charge in [0.25, 0.3) is 0 Å². The van der Waals surface area contributed by atoms with E-state index in [-0.39, 0.29) is 24.5 Å². The smallest absolute Gasteiger partial charge is 0.246 e. The van der Waals surface area contributed by atoms with Crippen LogP contribution >= 0.6 is 11.3 Å². The van der Waals surface area contributed by atoms with E-state index in [1.54, 1.807) is 35.6 Å². The molecule has 7 rings (SSSR count). The number of halogens is 1. The SMILES string of the molecule is C=CC(=O)N1CC(n2cc(-c3nc(-c4ccc5c(c4)CNC(=O)C5)c4ccsc4c3-c3ccc(F)cc3OCCOC)cn2)C1. The van der Waals surface area contributed by atoms with Crippen molar-refractivity contribution in [3.05, 3.63) is 89.8 Å². The quantitative estimate of drug-likeness (QED) is 0.175. The van der Waals surface area contributed by atoms with Crippen molar-refractivity contribution in [1.29, 1.82) is 0 Å². The third-order valence-corrected chi connectivity index (χ3v) is 9.20. The molecule has 9 nitrogen and oxygen atoms in total. The van der Waals surface area contributed by atoms with Gasteiger partial charge in [0.1, 0.15) is 18.2 Å². The maximum absolute atomic E-state index is 14.6. The zero-order chi connectivity index (χ0) is 31.1. The molecule has 1 saturated heterocycles. The number of carbonyl (C=O) groups excluding carboxylic acids is 2. The Morgan fingerprint density at radius 1 is 1.13 bits per heavy atom. The molecule has 45 heavy (non-hydrogen) atoms. The molecule has 5 heterocycles. The van der Waals surface area contributed by atoms with Crippen LogP contribution in [0.3, 0.4) is 0 Å². The lowest BCUT2D eigenvalue weighted by Crippen LogP contribution is -2.50. The molecule has 5 aromatic rings. The van der Waals surface area contributed by atoms with Gasteiger partial charge in [-0.05, 0) is 46.8 Å². The molecule has 0 atom stereocenters. The Bertz CT molecular complexity index is 1960. The molecule has 0 saturated carbocycles. The number of ether oxygens (including phenoxy) is 2. The molecule has 11 heteroatoms. The van der Waals surface area contributed by atoms with Crippen molar-refractivity contribution in [2.75, 3.05) is 33.4 Å². The van der Waals surface area contributed by atoms with Gasteiger partial charge in [-0.15, -0.1) is 11.3 Å². The summed E-state index contributed by atoms with van der Waals surface area (Å²) in [5.41, 5.74) is 6.79. The molecule has 2 aliphatic rings. The molecule has 3 aromatic heterocycles. The second-order valence-electron chi connectivity index (χ2n) is 11.1. The third kappa shape index (κ3) is 5.38. The predicted octanol–water partition coefficient (Wildman–Crippen LogP) is 5.40. The number of nitrogens with zero attached hydrogens (tertiary/aromatic N) is 4. The Morgan fingerprint density at radius 2 is 2.00 bits per heavy atom. The van der Waals surface area contributed by atoms with Gasteiger partial charge in [0, 0.05) is 71.3 Å². The van der Waals surface area contributed by atoms with E-state index in [1.807, 2.05) is 28.4 Å². The van der Waals surface area contributed by atoms with Gasteiger partial charge < -0.3 is 19.7 Å². The van der Waals surface area contributed by atoms with E-state index in [9.17, 15) is 14.0 Å². The van der Waals surface area contributed by atoms with Gasteiger partial charge >= 0.3 is 0 Å². The summed E-state index contributed by atoms with van der Waals surface area (Å²) in [6.07, 6.45) is 5.41. The van der Waals surface area contributed by atoms with Gasteiger partial charge in [0.2, 0.25) is 11.8 Å². The van der Waals surface area contributed by atoms with Crippen molar-refractivity contribution >= 4 is 33.2 Å². The highest BCUT2D eigenvalue weighted by Gasteiger charge is 2.32. The van der Waals surface area contributed by atoms with E-state index in [0.29, 0.717) is 49.7 Å². The summed E-state index contributed by atoms with van der Waals surface area (Å²) in [5, 5.41) is 10.6. The number of aromatic nitrogens is 3. The zero-order valence-corrected chi connectivity index (χ0v) is 25.4. The molecular weight excluding hydrogens is 593 g/mol. The maximum Gasteiger partial charge on any atom is 0.246 e. The first-order valence-electron chi connectivity index (χ1n) is 14.6. The monoisotopic (exact) mass is 623 g/mol. The van der Waals surface area contributed by atoms with Crippen LogP contribution in [0.4, 0.5) is 4.39 Å². The largest absolute Gasteiger partial charge is 0.490 e. The second kappa shape index (κ2) is 11.9. The van der Waals surface area contributed by atoms with E-state index in [4.69, 9.17) is 14.5 Å². The highest BCUT2D eigenvalue weighted by Crippen LogP contribution is 2.46. The first kappa shape index (κ1) is 28.9. The first-order chi connectivity index (χ1) is 21.9. The van der Waals surface area contributed by atoms with Crippen molar-refractivity contribution in [2.24, 2.45) is 0 Å². The molecule has 228 valence electrons. The van der Waals surface area contributed by atoms with Crippen LogP contribution in [0, 0.1) is 5.82 Å². The summed E-state index contributed by atoms with van der Waals surface area (Å²) in [6, 6.07) is 12.7. The average Bonchev–Trinajstić information content (AvgIpc) is 3.70. The van der Waals surface area contributed by atoms with Crippen LogP contribution < -0.4 is 10.1 Å². The van der Waals surface area contributed by atoms with Gasteiger partial charge in [-0.3, -0.25) is 14.3 Å². The number of pyridine rings is 1. The summed E-state index contributed by atoms with van der Waals surface area (Å²) in [6.45, 7) is 5.75. The lowest BCUT2D eigenvalue weighted by atomic mass is 9.93. The average molecular weight is 624 g/mol. The fourth-order valence-corrected chi connectivity index (χ4v) is 6.85. The normalized spacial score (nSPS) is 14.6. The summed E-state index contributed by atoms with van der Waals surface area (Å²) in [5.74, 6) is -0.0925. The van der Waals surface area contributed by atoms with E-state index in [1.165, 1.54) is 18.2 Å². The Labute approximate surface area is 262 Å². The molecule has 1 N–H and O–H groups in total. The number of amides is 2. The number of hydrogen-bond acceptors (Lipinski definition) is 7. The standard InChI is InChI=1S/C34H30FN5O4S/c1-3-30(42)39-18-25(19-39)40-17-23(16-37-40)33-31(26-7-6-24(35)14-28(26)44-10-9-43-2)34-27(8-11-45-34)32(38-33)21-5-4-20-13-29(41)36-15-22(20)12-21/h3-8,11-12,14,16-17,25H,1,9-10,13,15,18-19H2,2H3,(H,36,41). The zero-order valence-electron chi connectivity index (χ0n) is 24.6. The minimum Gasteiger partial charge on any atom is -0.490 e. The minimum atomic E-state index is -0.405. The highest BCUT2D eigenvalue weighted by atomic mass is 32.1. The van der Waals surface area contributed by atoms with Gasteiger partial charge in [-0.1, -0.05) is 18.7 Å². The minimum absolute atomic E-state index is 0.0171. The second-order valence-corrected chi connectivity index (χ2v) is 12.0. The molecule has 0 unspecified atom stereocenters. The number of hydrogen-bond donors (Lipinski definition) is 1. The molecule has 0 radical (unpaired) electrons. The van der Waals surface area contributed by atoms with Gasteiger partial charge in [-0.2, -0.15) is 5.10 Å². The van der Waals surface area contributed by atoms with Gasteiger partial charge in [0.15, 0.2) is 0 Å². The molecule has 2 aliphatic heterocycles. The van der Waals surface area contributed by atoms with Crippen molar-refractivity contribution in [2.45, 2.75) is 19.0 Å². The van der Waals surface area contributed by atoms with Crippen molar-refractivity contribution < 1.29 is 23.5 Å². The number of fused-ring (bicyclic) bond motifs is 2. The van der Waals surface area contributed by atoms with Crippen molar-refractivity contribution in [1.82, 2.24) is 25.0 Å². The molecule has 1 fully saturated rings. The van der Waals surface area contributed by atoms with Crippen LogP contribution in [-0.2, 0) is 27.3 Å². The van der Waals surface area contributed by atoms with E-state index >= 15 is 0 Å². The lowest BCUT2D eigenvalue weighted by molar-refractivity contribution is -0.131. The van der Waals surface area contributed by atoms with Gasteiger partial charge in [-0.25, -0.2) is 9.37 Å². The number of carbonyl (C=O) groups is 2. The maximum atomic E-state index is 14.6. The molecular formula is C34H30FN5O4S. The first-order valence-corrected chi connectivity index (χ1v) is 15.5. The van der Waals surface area contributed by atoms with Crippen LogP contribution in [0.1, 0.15) is 17.2 Å². The summed E-state index contributed by atoms with van der Waals surface area (Å²) in [7, 11) is 1.59. The number of methoxy groups -OCH3 is 1. The summed E-state index contributed by atoms with van der Waals surface area (Å²) < 4.78 is 28.6. The Morgan fingerprint density at radius 3 is 2.82 bits per heavy atom. The van der Waals surface area contributed by atoms with Crippen molar-refractivity contribution in [3.63, 3.8) is 0 Å². The van der Waals surface area contributed by atoms with Crippen LogP contribution in [0.5, 0.6) is 5.75 Å². The van der Waals surface area contributed by atoms with E-state index in [0.717, 1.165) is 43.6 Å². The number of benzene rings is 2. The predicted molar refractivity (Wildman–Crippen MR) is 170 cm³/mol. The number of thiophene rings is 1. The fourth-order valence-electron chi connectivity index (χ4n) is 5.89.